The quantitative estimate of drug-likeness (QED) is 0.365. The van der Waals surface area contributed by atoms with Gasteiger partial charge >= 0.3 is 0 Å². The van der Waals surface area contributed by atoms with E-state index in [4.69, 9.17) is 5.73 Å². The molecule has 0 fully saturated rings. The number of nitrogens with one attached hydrogen (secondary N) is 1. The molecule has 0 aliphatic rings. The van der Waals surface area contributed by atoms with Gasteiger partial charge in [-0.1, -0.05) is 12.1 Å². The van der Waals surface area contributed by atoms with Gasteiger partial charge in [-0.05, 0) is 43.0 Å². The predicted molar refractivity (Wildman–Crippen MR) is 89.7 cm³/mol. The summed E-state index contributed by atoms with van der Waals surface area (Å²) in [5, 5.41) is 3.08. The first-order valence-corrected chi connectivity index (χ1v) is 6.74. The molecule has 0 aromatic heterocycles. The van der Waals surface area contributed by atoms with Gasteiger partial charge in [0.25, 0.3) is 0 Å². The molecule has 0 aliphatic heterocycles. The maximum atomic E-state index is 5.77. The fraction of sp³-hybridized carbons (Fsp3) is 0.417. The molecule has 3 N–H and O–H groups in total. The Labute approximate surface area is 125 Å². The van der Waals surface area contributed by atoms with Crippen LogP contribution in [0.15, 0.2) is 29.3 Å². The Bertz CT molecular complexity index is 355. The number of nitrogens with two attached hydrogens (primary N) is 1. The van der Waals surface area contributed by atoms with E-state index in [0.29, 0.717) is 5.96 Å². The van der Waals surface area contributed by atoms with Gasteiger partial charge < -0.3 is 11.1 Å². The topological polar surface area (TPSA) is 50.4 Å². The summed E-state index contributed by atoms with van der Waals surface area (Å²) in [6.07, 6.45) is 3.16. The van der Waals surface area contributed by atoms with Crippen LogP contribution in [0.1, 0.15) is 12.0 Å². The van der Waals surface area contributed by atoms with Crippen LogP contribution in [0.3, 0.4) is 0 Å². The summed E-state index contributed by atoms with van der Waals surface area (Å²) in [5.74, 6) is 1.62. The summed E-state index contributed by atoms with van der Waals surface area (Å²) >= 11 is 1.83. The molecule has 0 saturated heterocycles. The fourth-order valence-corrected chi connectivity index (χ4v) is 1.74. The fourth-order valence-electron chi connectivity index (χ4n) is 1.32. The highest BCUT2D eigenvalue weighted by Crippen LogP contribution is 2.08. The number of aliphatic imine (C=N–C) groups is 1. The molecule has 0 saturated carbocycles. The Morgan fingerprint density at radius 3 is 2.88 bits per heavy atom. The Morgan fingerprint density at radius 2 is 2.24 bits per heavy atom. The zero-order valence-corrected chi connectivity index (χ0v) is 13.4. The zero-order valence-electron chi connectivity index (χ0n) is 10.3. The first-order valence-electron chi connectivity index (χ1n) is 5.35. The highest BCUT2D eigenvalue weighted by molar-refractivity contribution is 14.0. The molecule has 0 unspecified atom stereocenters. The Balaban J connectivity index is 0.00000256. The van der Waals surface area contributed by atoms with Crippen LogP contribution in [0.2, 0.25) is 0 Å². The third-order valence-electron chi connectivity index (χ3n) is 2.08. The van der Waals surface area contributed by atoms with Crippen LogP contribution in [-0.2, 0) is 0 Å². The lowest BCUT2D eigenvalue weighted by atomic mass is 10.2. The second-order valence-corrected chi connectivity index (χ2v) is 4.59. The molecule has 17 heavy (non-hydrogen) atoms. The highest BCUT2D eigenvalue weighted by atomic mass is 127. The molecule has 1 aromatic rings. The smallest absolute Gasteiger partial charge is 0.193 e. The Morgan fingerprint density at radius 1 is 1.47 bits per heavy atom. The number of guanidine groups is 1. The summed E-state index contributed by atoms with van der Waals surface area (Å²) < 4.78 is 0. The van der Waals surface area contributed by atoms with E-state index in [0.717, 1.165) is 24.4 Å². The van der Waals surface area contributed by atoms with Gasteiger partial charge in [0.1, 0.15) is 0 Å². The third kappa shape index (κ3) is 7.49. The number of rotatable bonds is 5. The molecular formula is C12H20IN3S. The summed E-state index contributed by atoms with van der Waals surface area (Å²) in [6.45, 7) is 2.84. The molecule has 0 bridgehead atoms. The van der Waals surface area contributed by atoms with E-state index in [2.05, 4.69) is 29.6 Å². The number of benzene rings is 1. The Hall–Kier alpha value is -0.430. The zero-order chi connectivity index (χ0) is 11.8. The van der Waals surface area contributed by atoms with E-state index in [1.54, 1.807) is 0 Å². The lowest BCUT2D eigenvalue weighted by Crippen LogP contribution is -2.22. The number of anilines is 1. The largest absolute Gasteiger partial charge is 0.370 e. The van der Waals surface area contributed by atoms with Crippen molar-refractivity contribution in [1.29, 1.82) is 0 Å². The van der Waals surface area contributed by atoms with Crippen LogP contribution < -0.4 is 11.1 Å². The van der Waals surface area contributed by atoms with E-state index in [1.165, 1.54) is 5.56 Å². The van der Waals surface area contributed by atoms with Crippen molar-refractivity contribution in [3.63, 3.8) is 0 Å². The van der Waals surface area contributed by atoms with Crippen LogP contribution in [-0.4, -0.2) is 24.5 Å². The molecule has 0 radical (unpaired) electrons. The lowest BCUT2D eigenvalue weighted by molar-refractivity contribution is 0.941. The summed E-state index contributed by atoms with van der Waals surface area (Å²) in [5.41, 5.74) is 7.97. The van der Waals surface area contributed by atoms with E-state index < -0.39 is 0 Å². The van der Waals surface area contributed by atoms with Gasteiger partial charge in [0.2, 0.25) is 0 Å². The van der Waals surface area contributed by atoms with E-state index in [9.17, 15) is 0 Å². The van der Waals surface area contributed by atoms with Crippen LogP contribution in [0.4, 0.5) is 5.69 Å². The van der Waals surface area contributed by atoms with Gasteiger partial charge in [-0.3, -0.25) is 4.99 Å². The van der Waals surface area contributed by atoms with E-state index in [-0.39, 0.29) is 24.0 Å². The molecular weight excluding hydrogens is 345 g/mol. The number of halogens is 1. The standard InChI is InChI=1S/C12H19N3S.HI/c1-10-5-3-6-11(9-10)15-12(13)14-7-4-8-16-2;/h3,5-6,9H,4,7-8H2,1-2H3,(H3,13,14,15);1H. The minimum atomic E-state index is 0. The number of hydrogen-bond acceptors (Lipinski definition) is 2. The number of aryl methyl sites for hydroxylation is 1. The molecule has 5 heteroatoms. The Kier molecular flexibility index (Phi) is 9.34. The van der Waals surface area contributed by atoms with Crippen molar-refractivity contribution in [2.24, 2.45) is 10.7 Å². The summed E-state index contributed by atoms with van der Waals surface area (Å²) in [4.78, 5) is 4.26. The van der Waals surface area contributed by atoms with Crippen molar-refractivity contribution in [3.05, 3.63) is 29.8 Å². The van der Waals surface area contributed by atoms with Crippen LogP contribution >= 0.6 is 35.7 Å². The van der Waals surface area contributed by atoms with Crippen LogP contribution in [0, 0.1) is 6.92 Å². The van der Waals surface area contributed by atoms with Gasteiger partial charge in [0.05, 0.1) is 0 Å². The molecule has 0 spiro atoms. The number of thioether (sulfide) groups is 1. The van der Waals surface area contributed by atoms with Gasteiger partial charge in [0, 0.05) is 12.2 Å². The maximum Gasteiger partial charge on any atom is 0.193 e. The maximum absolute atomic E-state index is 5.77. The van der Waals surface area contributed by atoms with Gasteiger partial charge in [-0.15, -0.1) is 24.0 Å². The number of nitrogens with zero attached hydrogens (tertiary/aromatic N) is 1. The average molecular weight is 365 g/mol. The number of hydrogen-bond donors (Lipinski definition) is 2. The van der Waals surface area contributed by atoms with Crippen molar-refractivity contribution in [1.82, 2.24) is 0 Å². The monoisotopic (exact) mass is 365 g/mol. The normalized spacial score (nSPS) is 10.8. The lowest BCUT2D eigenvalue weighted by Gasteiger charge is -2.06. The second-order valence-electron chi connectivity index (χ2n) is 3.61. The summed E-state index contributed by atoms with van der Waals surface area (Å²) in [6, 6.07) is 8.08. The second kappa shape index (κ2) is 9.58. The minimum absolute atomic E-state index is 0. The SMILES string of the molecule is CSCCCN=C(N)Nc1cccc(C)c1.I. The van der Waals surface area contributed by atoms with Gasteiger partial charge in [0.15, 0.2) is 5.96 Å². The van der Waals surface area contributed by atoms with Crippen LogP contribution in [0.5, 0.6) is 0 Å². The molecule has 3 nitrogen and oxygen atoms in total. The third-order valence-corrected chi connectivity index (χ3v) is 2.78. The molecule has 0 aliphatic carbocycles. The van der Waals surface area contributed by atoms with E-state index in [1.807, 2.05) is 30.0 Å². The highest BCUT2D eigenvalue weighted by Gasteiger charge is 1.94. The molecule has 1 aromatic carbocycles. The van der Waals surface area contributed by atoms with Gasteiger partial charge in [-0.25, -0.2) is 0 Å². The van der Waals surface area contributed by atoms with Crippen LogP contribution in [0.25, 0.3) is 0 Å². The molecule has 0 atom stereocenters. The van der Waals surface area contributed by atoms with E-state index >= 15 is 0 Å². The first-order chi connectivity index (χ1) is 7.72. The van der Waals surface area contributed by atoms with Gasteiger partial charge in [-0.2, -0.15) is 11.8 Å². The molecule has 96 valence electrons. The van der Waals surface area contributed by atoms with Crippen molar-refractivity contribution < 1.29 is 0 Å². The average Bonchev–Trinajstić information content (AvgIpc) is 2.24. The summed E-state index contributed by atoms with van der Waals surface area (Å²) in [7, 11) is 0. The van der Waals surface area contributed by atoms with Crippen molar-refractivity contribution in [2.45, 2.75) is 13.3 Å². The van der Waals surface area contributed by atoms with Crippen molar-refractivity contribution in [2.75, 3.05) is 23.9 Å². The minimum Gasteiger partial charge on any atom is -0.370 e. The van der Waals surface area contributed by atoms with Crippen molar-refractivity contribution >= 4 is 47.4 Å². The molecule has 0 amide bonds. The van der Waals surface area contributed by atoms with Crippen molar-refractivity contribution in [3.8, 4) is 0 Å². The first kappa shape index (κ1) is 16.6. The predicted octanol–water partition coefficient (Wildman–Crippen LogP) is 3.09. The molecule has 1 rings (SSSR count). The molecule has 0 heterocycles.